The van der Waals surface area contributed by atoms with Crippen LogP contribution in [0.4, 0.5) is 0 Å². The molecule has 1 N–H and O–H groups in total. The maximum Gasteiger partial charge on any atom is 0.317 e. The molecular formula is C12H16O4. The van der Waals surface area contributed by atoms with Crippen LogP contribution in [0.2, 0.25) is 0 Å². The van der Waals surface area contributed by atoms with E-state index in [2.05, 4.69) is 0 Å². The number of hydrogen-bond donors (Lipinski definition) is 1. The van der Waals surface area contributed by atoms with Crippen LogP contribution in [0.15, 0.2) is 0 Å². The van der Waals surface area contributed by atoms with Gasteiger partial charge in [0, 0.05) is 10.8 Å². The Bertz CT molecular complexity index is 409. The Hall–Kier alpha value is -1.19. The van der Waals surface area contributed by atoms with E-state index in [0.717, 1.165) is 0 Å². The smallest absolute Gasteiger partial charge is 0.317 e. The molecule has 4 nitrogen and oxygen atoms in total. The number of hydrogen-bond acceptors (Lipinski definition) is 3. The highest BCUT2D eigenvalue weighted by molar-refractivity contribution is 6.16. The Morgan fingerprint density at radius 2 is 1.69 bits per heavy atom. The summed E-state index contributed by atoms with van der Waals surface area (Å²) in [6.45, 7) is 5.28. The largest absolute Gasteiger partial charge is 0.480 e. The minimum absolute atomic E-state index is 0.100. The van der Waals surface area contributed by atoms with Gasteiger partial charge in [0.1, 0.15) is 11.2 Å². The lowest BCUT2D eigenvalue weighted by Gasteiger charge is -2.48. The Morgan fingerprint density at radius 3 is 2.19 bits per heavy atom. The highest BCUT2D eigenvalue weighted by Gasteiger charge is 2.73. The molecule has 2 fully saturated rings. The van der Waals surface area contributed by atoms with Crippen molar-refractivity contribution in [2.24, 2.45) is 16.2 Å². The zero-order valence-electron chi connectivity index (χ0n) is 9.79. The van der Waals surface area contributed by atoms with Crippen LogP contribution in [-0.4, -0.2) is 22.6 Å². The lowest BCUT2D eigenvalue weighted by atomic mass is 9.51. The summed E-state index contributed by atoms with van der Waals surface area (Å²) in [6, 6.07) is 0. The summed E-state index contributed by atoms with van der Waals surface area (Å²) in [7, 11) is 0. The first-order valence-corrected chi connectivity index (χ1v) is 5.50. The van der Waals surface area contributed by atoms with Crippen LogP contribution in [-0.2, 0) is 14.4 Å². The van der Waals surface area contributed by atoms with Gasteiger partial charge in [0.2, 0.25) is 0 Å². The SMILES string of the molecule is CC1(C)[C@@]2(C(=O)O)CC[C@]1(C)C(=O)CC2=O. The topological polar surface area (TPSA) is 71.4 Å². The Kier molecular flexibility index (Phi) is 1.93. The monoisotopic (exact) mass is 224 g/mol. The molecule has 2 saturated carbocycles. The van der Waals surface area contributed by atoms with Gasteiger partial charge in [0.05, 0.1) is 6.42 Å². The zero-order valence-corrected chi connectivity index (χ0v) is 9.79. The van der Waals surface area contributed by atoms with Gasteiger partial charge in [-0.2, -0.15) is 0 Å². The number of rotatable bonds is 1. The first-order valence-electron chi connectivity index (χ1n) is 5.50. The molecule has 0 spiro atoms. The van der Waals surface area contributed by atoms with E-state index < -0.39 is 28.0 Å². The molecule has 0 radical (unpaired) electrons. The van der Waals surface area contributed by atoms with Gasteiger partial charge in [-0.15, -0.1) is 0 Å². The highest BCUT2D eigenvalue weighted by Crippen LogP contribution is 2.66. The molecule has 0 aliphatic heterocycles. The van der Waals surface area contributed by atoms with Crippen LogP contribution >= 0.6 is 0 Å². The fourth-order valence-corrected chi connectivity index (χ4v) is 3.49. The van der Waals surface area contributed by atoms with Crippen LogP contribution in [0.25, 0.3) is 0 Å². The fourth-order valence-electron chi connectivity index (χ4n) is 3.49. The number of ketones is 2. The molecule has 2 bridgehead atoms. The van der Waals surface area contributed by atoms with Crippen molar-refractivity contribution in [3.05, 3.63) is 0 Å². The summed E-state index contributed by atoms with van der Waals surface area (Å²) in [5, 5.41) is 9.39. The predicted molar refractivity (Wildman–Crippen MR) is 55.8 cm³/mol. The number of carbonyl (C=O) groups excluding carboxylic acids is 2. The maximum atomic E-state index is 12.0. The Balaban J connectivity index is 2.69. The first-order chi connectivity index (χ1) is 7.20. The first kappa shape index (κ1) is 11.3. The van der Waals surface area contributed by atoms with Crippen molar-refractivity contribution >= 4 is 17.5 Å². The number of Topliss-reactive ketones (excluding diaryl/α,β-unsaturated/α-hetero) is 2. The van der Waals surface area contributed by atoms with Crippen molar-refractivity contribution in [2.45, 2.75) is 40.0 Å². The molecule has 0 heterocycles. The van der Waals surface area contributed by atoms with E-state index in [9.17, 15) is 19.5 Å². The van der Waals surface area contributed by atoms with Gasteiger partial charge in [-0.25, -0.2) is 0 Å². The van der Waals surface area contributed by atoms with Gasteiger partial charge in [-0.05, 0) is 12.8 Å². The fraction of sp³-hybridized carbons (Fsp3) is 0.750. The Morgan fingerprint density at radius 1 is 1.12 bits per heavy atom. The second-order valence-corrected chi connectivity index (χ2v) is 5.69. The molecule has 4 heteroatoms. The molecular weight excluding hydrogens is 208 g/mol. The van der Waals surface area contributed by atoms with Crippen LogP contribution < -0.4 is 0 Å². The van der Waals surface area contributed by atoms with E-state index in [4.69, 9.17) is 0 Å². The summed E-state index contributed by atoms with van der Waals surface area (Å²) < 4.78 is 0. The second-order valence-electron chi connectivity index (χ2n) is 5.69. The van der Waals surface area contributed by atoms with Crippen LogP contribution in [0, 0.1) is 16.2 Å². The minimum Gasteiger partial charge on any atom is -0.480 e. The van der Waals surface area contributed by atoms with E-state index in [1.165, 1.54) is 0 Å². The normalized spacial score (nSPS) is 41.2. The van der Waals surface area contributed by atoms with Crippen molar-refractivity contribution in [2.75, 3.05) is 0 Å². The third-order valence-electron chi connectivity index (χ3n) is 5.22. The third kappa shape index (κ3) is 0.851. The molecule has 16 heavy (non-hydrogen) atoms. The molecule has 88 valence electrons. The molecule has 2 atom stereocenters. The van der Waals surface area contributed by atoms with E-state index in [0.29, 0.717) is 6.42 Å². The quantitative estimate of drug-likeness (QED) is 0.684. The number of carboxylic acids is 1. The molecule has 0 saturated heterocycles. The average Bonchev–Trinajstić information content (AvgIpc) is 2.29. The summed E-state index contributed by atoms with van der Waals surface area (Å²) in [5.41, 5.74) is -2.81. The molecule has 0 aromatic carbocycles. The molecule has 2 aliphatic rings. The summed E-state index contributed by atoms with van der Waals surface area (Å²) >= 11 is 0. The number of carboxylic acid groups (broad SMARTS) is 1. The van der Waals surface area contributed by atoms with E-state index >= 15 is 0 Å². The molecule has 0 aromatic rings. The molecule has 2 rings (SSSR count). The molecule has 0 amide bonds. The second kappa shape index (κ2) is 2.73. The van der Waals surface area contributed by atoms with Gasteiger partial charge in [-0.1, -0.05) is 20.8 Å². The summed E-state index contributed by atoms with van der Waals surface area (Å²) in [4.78, 5) is 35.4. The summed E-state index contributed by atoms with van der Waals surface area (Å²) in [6.07, 6.45) is 0.569. The lowest BCUT2D eigenvalue weighted by molar-refractivity contribution is -0.171. The third-order valence-corrected chi connectivity index (χ3v) is 5.22. The van der Waals surface area contributed by atoms with Crippen LogP contribution in [0.5, 0.6) is 0 Å². The van der Waals surface area contributed by atoms with Gasteiger partial charge < -0.3 is 5.11 Å². The minimum atomic E-state index is -1.35. The molecule has 0 aromatic heterocycles. The number of fused-ring (bicyclic) bond motifs is 2. The van der Waals surface area contributed by atoms with Gasteiger partial charge >= 0.3 is 5.97 Å². The standard InChI is InChI=1S/C12H16O4/c1-10(2)11(3)4-5-12(10,9(15)16)8(14)6-7(11)13/h4-6H2,1-3H3,(H,15,16)/t11-,12+/m1/s1. The van der Waals surface area contributed by atoms with Crippen molar-refractivity contribution in [3.8, 4) is 0 Å². The highest BCUT2D eigenvalue weighted by atomic mass is 16.4. The van der Waals surface area contributed by atoms with E-state index in [1.807, 2.05) is 0 Å². The van der Waals surface area contributed by atoms with Crippen molar-refractivity contribution in [1.82, 2.24) is 0 Å². The van der Waals surface area contributed by atoms with E-state index in [-0.39, 0.29) is 18.6 Å². The average molecular weight is 224 g/mol. The lowest BCUT2D eigenvalue weighted by Crippen LogP contribution is -2.58. The van der Waals surface area contributed by atoms with Crippen LogP contribution in [0.1, 0.15) is 40.0 Å². The molecule has 2 aliphatic carbocycles. The zero-order chi connectivity index (χ0) is 12.4. The van der Waals surface area contributed by atoms with Gasteiger partial charge in [0.25, 0.3) is 0 Å². The van der Waals surface area contributed by atoms with Crippen molar-refractivity contribution in [3.63, 3.8) is 0 Å². The molecule has 0 unspecified atom stereocenters. The van der Waals surface area contributed by atoms with Gasteiger partial charge in [-0.3, -0.25) is 14.4 Å². The maximum absolute atomic E-state index is 12.0. The summed E-state index contributed by atoms with van der Waals surface area (Å²) in [5.74, 6) is -1.58. The van der Waals surface area contributed by atoms with Crippen LogP contribution in [0.3, 0.4) is 0 Å². The Labute approximate surface area is 94.0 Å². The van der Waals surface area contributed by atoms with Gasteiger partial charge in [0.15, 0.2) is 5.78 Å². The van der Waals surface area contributed by atoms with Crippen molar-refractivity contribution < 1.29 is 19.5 Å². The number of aliphatic carboxylic acids is 1. The van der Waals surface area contributed by atoms with Crippen molar-refractivity contribution in [1.29, 1.82) is 0 Å². The number of carbonyl (C=O) groups is 3. The predicted octanol–water partition coefficient (Wildman–Crippen LogP) is 1.43. The van der Waals surface area contributed by atoms with E-state index in [1.54, 1.807) is 20.8 Å².